The third kappa shape index (κ3) is 5.14. The van der Waals surface area contributed by atoms with Gasteiger partial charge >= 0.3 is 0 Å². The largest absolute Gasteiger partial charge is 0.342 e. The first kappa shape index (κ1) is 19.5. The number of amides is 2. The number of hydrogen-bond acceptors (Lipinski definition) is 5. The smallest absolute Gasteiger partial charge is 0.274 e. The van der Waals surface area contributed by atoms with Gasteiger partial charge in [-0.05, 0) is 35.9 Å². The van der Waals surface area contributed by atoms with Crippen LogP contribution in [0.2, 0.25) is 0 Å². The monoisotopic (exact) mass is 395 g/mol. The lowest BCUT2D eigenvalue weighted by Crippen LogP contribution is -2.23. The second kappa shape index (κ2) is 9.09. The third-order valence-corrected chi connectivity index (χ3v) is 4.89. The van der Waals surface area contributed by atoms with Gasteiger partial charge < -0.3 is 9.47 Å². The number of thiazole rings is 1. The predicted molar refractivity (Wildman–Crippen MR) is 110 cm³/mol. The number of carbonyl (C=O) groups excluding carboxylic acids is 2. The lowest BCUT2D eigenvalue weighted by atomic mass is 10.2. The molecule has 0 bridgehead atoms. The van der Waals surface area contributed by atoms with Crippen LogP contribution in [-0.4, -0.2) is 44.8 Å². The fourth-order valence-electron chi connectivity index (χ4n) is 2.48. The average molecular weight is 395 g/mol. The maximum absolute atomic E-state index is 12.6. The summed E-state index contributed by atoms with van der Waals surface area (Å²) in [5, 5.41) is 5.23. The van der Waals surface area contributed by atoms with Gasteiger partial charge in [0.2, 0.25) is 5.91 Å². The molecule has 0 aliphatic heterocycles. The summed E-state index contributed by atoms with van der Waals surface area (Å²) in [6.45, 7) is 2.62. The Kier molecular flexibility index (Phi) is 6.33. The Morgan fingerprint density at radius 2 is 2.07 bits per heavy atom. The molecule has 0 aromatic carbocycles. The molecular formula is C20H21N5O2S. The van der Waals surface area contributed by atoms with Gasteiger partial charge in [0.05, 0.1) is 5.69 Å². The van der Waals surface area contributed by atoms with Gasteiger partial charge in [0.15, 0.2) is 5.13 Å². The fourth-order valence-corrected chi connectivity index (χ4v) is 3.16. The molecule has 1 N–H and O–H groups in total. The molecule has 3 aromatic heterocycles. The van der Waals surface area contributed by atoms with Crippen LogP contribution in [0.3, 0.4) is 0 Å². The topological polar surface area (TPSA) is 80.1 Å². The first-order valence-corrected chi connectivity index (χ1v) is 9.60. The Morgan fingerprint density at radius 3 is 2.82 bits per heavy atom. The van der Waals surface area contributed by atoms with Gasteiger partial charge in [0.25, 0.3) is 5.91 Å². The van der Waals surface area contributed by atoms with E-state index in [2.05, 4.69) is 15.3 Å². The summed E-state index contributed by atoms with van der Waals surface area (Å²) in [5.74, 6) is -0.203. The second-order valence-corrected chi connectivity index (χ2v) is 7.07. The van der Waals surface area contributed by atoms with Crippen molar-refractivity contribution < 1.29 is 9.59 Å². The molecule has 0 fully saturated rings. The molecule has 0 spiro atoms. The first-order chi connectivity index (χ1) is 13.5. The van der Waals surface area contributed by atoms with E-state index in [1.54, 1.807) is 30.4 Å². The lowest BCUT2D eigenvalue weighted by Gasteiger charge is -2.10. The zero-order valence-corrected chi connectivity index (χ0v) is 16.5. The number of nitrogens with one attached hydrogen (secondary N) is 1. The highest BCUT2D eigenvalue weighted by atomic mass is 32.1. The molecule has 3 aromatic rings. The van der Waals surface area contributed by atoms with E-state index in [-0.39, 0.29) is 11.8 Å². The highest BCUT2D eigenvalue weighted by molar-refractivity contribution is 7.14. The van der Waals surface area contributed by atoms with E-state index < -0.39 is 0 Å². The summed E-state index contributed by atoms with van der Waals surface area (Å²) in [6, 6.07) is 7.47. The van der Waals surface area contributed by atoms with E-state index in [0.29, 0.717) is 23.9 Å². The molecule has 28 heavy (non-hydrogen) atoms. The number of likely N-dealkylation sites (N-methyl/N-ethyl adjacent to an activating group) is 1. The lowest BCUT2D eigenvalue weighted by molar-refractivity contribution is -0.127. The molecule has 8 heteroatoms. The Bertz CT molecular complexity index is 977. The maximum atomic E-state index is 12.6. The molecule has 0 radical (unpaired) electrons. The first-order valence-electron chi connectivity index (χ1n) is 8.72. The standard InChI is InChI=1S/C20H21N5O2S/c1-15(26)24(2)11-3-5-17-14-28-20(22-17)23-19(27)18-6-4-12-25(18)13-16-7-9-21-10-8-16/h3-10,12,14H,11,13H2,1-2H3,(H,22,23,27)/b5-3+. The number of carbonyl (C=O) groups is 2. The zero-order chi connectivity index (χ0) is 19.9. The van der Waals surface area contributed by atoms with Crippen molar-refractivity contribution in [2.24, 2.45) is 0 Å². The summed E-state index contributed by atoms with van der Waals surface area (Å²) in [7, 11) is 1.74. The Hall–Kier alpha value is -3.26. The van der Waals surface area contributed by atoms with Crippen molar-refractivity contribution in [1.82, 2.24) is 19.4 Å². The Labute approximate surface area is 167 Å². The molecule has 0 aliphatic rings. The highest BCUT2D eigenvalue weighted by Gasteiger charge is 2.13. The van der Waals surface area contributed by atoms with Crippen LogP contribution in [0.15, 0.2) is 54.3 Å². The van der Waals surface area contributed by atoms with E-state index in [1.807, 2.05) is 46.5 Å². The average Bonchev–Trinajstić information content (AvgIpc) is 3.32. The van der Waals surface area contributed by atoms with E-state index in [9.17, 15) is 9.59 Å². The molecule has 0 unspecified atom stereocenters. The van der Waals surface area contributed by atoms with Crippen LogP contribution in [0.5, 0.6) is 0 Å². The highest BCUT2D eigenvalue weighted by Crippen LogP contribution is 2.18. The van der Waals surface area contributed by atoms with Gasteiger partial charge in [0.1, 0.15) is 5.69 Å². The normalized spacial score (nSPS) is 10.9. The molecule has 0 saturated carbocycles. The Balaban J connectivity index is 1.62. The van der Waals surface area contributed by atoms with Crippen molar-refractivity contribution in [2.75, 3.05) is 18.9 Å². The molecule has 144 valence electrons. The summed E-state index contributed by atoms with van der Waals surface area (Å²) < 4.78 is 1.89. The second-order valence-electron chi connectivity index (χ2n) is 6.21. The predicted octanol–water partition coefficient (Wildman–Crippen LogP) is 3.13. The van der Waals surface area contributed by atoms with Crippen LogP contribution in [0, 0.1) is 0 Å². The number of anilines is 1. The molecular weight excluding hydrogens is 374 g/mol. The van der Waals surface area contributed by atoms with Gasteiger partial charge in [-0.25, -0.2) is 4.98 Å². The van der Waals surface area contributed by atoms with Crippen LogP contribution in [0.1, 0.15) is 28.7 Å². The molecule has 3 heterocycles. The minimum absolute atomic E-state index is 0.00523. The van der Waals surface area contributed by atoms with Crippen LogP contribution in [-0.2, 0) is 11.3 Å². The van der Waals surface area contributed by atoms with Crippen LogP contribution in [0.25, 0.3) is 6.08 Å². The molecule has 0 aliphatic carbocycles. The molecule has 2 amide bonds. The maximum Gasteiger partial charge on any atom is 0.274 e. The number of aromatic nitrogens is 3. The minimum Gasteiger partial charge on any atom is -0.342 e. The summed E-state index contributed by atoms with van der Waals surface area (Å²) in [4.78, 5) is 33.8. The molecule has 3 rings (SSSR count). The van der Waals surface area contributed by atoms with Gasteiger partial charge in [0, 0.05) is 51.0 Å². The van der Waals surface area contributed by atoms with Crippen molar-refractivity contribution in [2.45, 2.75) is 13.5 Å². The third-order valence-electron chi connectivity index (χ3n) is 4.11. The van der Waals surface area contributed by atoms with Crippen LogP contribution < -0.4 is 5.32 Å². The van der Waals surface area contributed by atoms with Gasteiger partial charge in [-0.2, -0.15) is 0 Å². The van der Waals surface area contributed by atoms with Crippen molar-refractivity contribution >= 4 is 34.4 Å². The fraction of sp³-hybridized carbons (Fsp3) is 0.200. The number of hydrogen-bond donors (Lipinski definition) is 1. The number of nitrogens with zero attached hydrogens (tertiary/aromatic N) is 4. The van der Waals surface area contributed by atoms with E-state index in [4.69, 9.17) is 0 Å². The summed E-state index contributed by atoms with van der Waals surface area (Å²) in [6.07, 6.45) is 9.03. The van der Waals surface area contributed by atoms with E-state index in [1.165, 1.54) is 18.3 Å². The quantitative estimate of drug-likeness (QED) is 0.666. The number of rotatable bonds is 7. The van der Waals surface area contributed by atoms with Crippen LogP contribution in [0.4, 0.5) is 5.13 Å². The minimum atomic E-state index is -0.208. The molecule has 0 atom stereocenters. The van der Waals surface area contributed by atoms with Gasteiger partial charge in [-0.3, -0.25) is 19.9 Å². The van der Waals surface area contributed by atoms with E-state index >= 15 is 0 Å². The van der Waals surface area contributed by atoms with E-state index in [0.717, 1.165) is 11.3 Å². The Morgan fingerprint density at radius 1 is 1.29 bits per heavy atom. The zero-order valence-electron chi connectivity index (χ0n) is 15.7. The molecule has 7 nitrogen and oxygen atoms in total. The van der Waals surface area contributed by atoms with Crippen molar-refractivity contribution in [3.05, 3.63) is 71.3 Å². The molecule has 0 saturated heterocycles. The van der Waals surface area contributed by atoms with Gasteiger partial charge in [-0.15, -0.1) is 11.3 Å². The van der Waals surface area contributed by atoms with Crippen molar-refractivity contribution in [3.63, 3.8) is 0 Å². The van der Waals surface area contributed by atoms with Crippen LogP contribution >= 0.6 is 11.3 Å². The summed E-state index contributed by atoms with van der Waals surface area (Å²) in [5.41, 5.74) is 2.37. The SMILES string of the molecule is CC(=O)N(C)C/C=C/c1csc(NC(=O)c2cccn2Cc2ccncc2)n1. The van der Waals surface area contributed by atoms with Crippen molar-refractivity contribution in [1.29, 1.82) is 0 Å². The number of pyridine rings is 1. The summed E-state index contributed by atoms with van der Waals surface area (Å²) >= 11 is 1.36. The van der Waals surface area contributed by atoms with Crippen molar-refractivity contribution in [3.8, 4) is 0 Å². The van der Waals surface area contributed by atoms with Gasteiger partial charge in [-0.1, -0.05) is 6.08 Å².